The van der Waals surface area contributed by atoms with E-state index in [2.05, 4.69) is 4.98 Å². The summed E-state index contributed by atoms with van der Waals surface area (Å²) in [5.41, 5.74) is 0.147. The maximum absolute atomic E-state index is 10.9. The molecule has 0 N–H and O–H groups in total. The van der Waals surface area contributed by atoms with Crippen molar-refractivity contribution in [3.63, 3.8) is 0 Å². The SMILES string of the molecule is COc1ccc([N+](=O)[O-])c2c(Cl)cc(Cl)nc12. The first-order valence-electron chi connectivity index (χ1n) is 4.51. The Morgan fingerprint density at radius 3 is 2.71 bits per heavy atom. The smallest absolute Gasteiger partial charge is 0.280 e. The van der Waals surface area contributed by atoms with Crippen LogP contribution < -0.4 is 4.74 Å². The third-order valence-electron chi connectivity index (χ3n) is 2.24. The first-order valence-corrected chi connectivity index (χ1v) is 5.27. The van der Waals surface area contributed by atoms with E-state index in [1.54, 1.807) is 0 Å². The summed E-state index contributed by atoms with van der Waals surface area (Å²) in [4.78, 5) is 14.4. The molecule has 0 radical (unpaired) electrons. The molecule has 0 spiro atoms. The molecule has 0 aliphatic rings. The zero-order chi connectivity index (χ0) is 12.6. The Morgan fingerprint density at radius 2 is 2.12 bits per heavy atom. The number of fused-ring (bicyclic) bond motifs is 1. The van der Waals surface area contributed by atoms with E-state index >= 15 is 0 Å². The van der Waals surface area contributed by atoms with Gasteiger partial charge in [0.2, 0.25) is 0 Å². The number of hydrogen-bond donors (Lipinski definition) is 0. The van der Waals surface area contributed by atoms with Gasteiger partial charge >= 0.3 is 0 Å². The Kier molecular flexibility index (Phi) is 3.04. The summed E-state index contributed by atoms with van der Waals surface area (Å²) in [6, 6.07) is 4.14. The number of aromatic nitrogens is 1. The minimum atomic E-state index is -0.525. The Balaban J connectivity index is 2.95. The summed E-state index contributed by atoms with van der Waals surface area (Å²) >= 11 is 11.7. The lowest BCUT2D eigenvalue weighted by Crippen LogP contribution is -1.94. The molecule has 1 aromatic heterocycles. The van der Waals surface area contributed by atoms with Crippen molar-refractivity contribution in [2.75, 3.05) is 7.11 Å². The lowest BCUT2D eigenvalue weighted by atomic mass is 10.1. The fourth-order valence-electron chi connectivity index (χ4n) is 1.54. The van der Waals surface area contributed by atoms with Crippen molar-refractivity contribution in [3.05, 3.63) is 38.5 Å². The van der Waals surface area contributed by atoms with Crippen molar-refractivity contribution >= 4 is 39.8 Å². The molecule has 0 aliphatic carbocycles. The van der Waals surface area contributed by atoms with Gasteiger partial charge in [0.05, 0.1) is 17.1 Å². The molecule has 0 saturated heterocycles. The normalized spacial score (nSPS) is 10.5. The molecule has 5 nitrogen and oxygen atoms in total. The lowest BCUT2D eigenvalue weighted by molar-refractivity contribution is -0.383. The molecular formula is C10H6Cl2N2O3. The largest absolute Gasteiger partial charge is 0.494 e. The van der Waals surface area contributed by atoms with Gasteiger partial charge < -0.3 is 4.74 Å². The van der Waals surface area contributed by atoms with Crippen molar-refractivity contribution < 1.29 is 9.66 Å². The number of nitro groups is 1. The Morgan fingerprint density at radius 1 is 1.41 bits per heavy atom. The van der Waals surface area contributed by atoms with Crippen LogP contribution in [0.1, 0.15) is 0 Å². The molecule has 0 unspecified atom stereocenters. The number of halogens is 2. The molecule has 88 valence electrons. The molecule has 0 saturated carbocycles. The highest BCUT2D eigenvalue weighted by atomic mass is 35.5. The molecule has 2 rings (SSSR count). The predicted molar refractivity (Wildman–Crippen MR) is 65.0 cm³/mol. The van der Waals surface area contributed by atoms with Gasteiger partial charge in [-0.1, -0.05) is 23.2 Å². The molecule has 1 heterocycles. The summed E-state index contributed by atoms with van der Waals surface area (Å²) in [5.74, 6) is 0.384. The van der Waals surface area contributed by atoms with Crippen molar-refractivity contribution in [2.45, 2.75) is 0 Å². The van der Waals surface area contributed by atoms with Crippen LogP contribution in [-0.2, 0) is 0 Å². The molecule has 1 aromatic carbocycles. The highest BCUT2D eigenvalue weighted by Gasteiger charge is 2.19. The van der Waals surface area contributed by atoms with Crippen LogP contribution in [0.25, 0.3) is 10.9 Å². The van der Waals surface area contributed by atoms with E-state index in [0.717, 1.165) is 0 Å². The number of non-ortho nitro benzene ring substituents is 1. The Hall–Kier alpha value is -1.59. The predicted octanol–water partition coefficient (Wildman–Crippen LogP) is 3.46. The first-order chi connectivity index (χ1) is 8.04. The average molecular weight is 273 g/mol. The Labute approximate surface area is 106 Å². The topological polar surface area (TPSA) is 65.3 Å². The van der Waals surface area contributed by atoms with Crippen molar-refractivity contribution in [2.24, 2.45) is 0 Å². The summed E-state index contributed by atoms with van der Waals surface area (Å²) in [6.45, 7) is 0. The van der Waals surface area contributed by atoms with Crippen LogP contribution in [0.2, 0.25) is 10.2 Å². The van der Waals surface area contributed by atoms with Gasteiger partial charge in [-0.3, -0.25) is 10.1 Å². The minimum Gasteiger partial charge on any atom is -0.494 e. The molecule has 17 heavy (non-hydrogen) atoms. The number of nitro benzene ring substituents is 1. The molecule has 0 fully saturated rings. The van der Waals surface area contributed by atoms with Crippen molar-refractivity contribution in [1.82, 2.24) is 4.98 Å². The molecule has 0 amide bonds. The number of pyridine rings is 1. The van der Waals surface area contributed by atoms with Gasteiger partial charge in [-0.2, -0.15) is 0 Å². The van der Waals surface area contributed by atoms with E-state index in [9.17, 15) is 10.1 Å². The summed E-state index contributed by atoms with van der Waals surface area (Å²) in [5, 5.41) is 11.4. The monoisotopic (exact) mass is 272 g/mol. The maximum Gasteiger partial charge on any atom is 0.280 e. The average Bonchev–Trinajstić information content (AvgIpc) is 2.27. The fraction of sp³-hybridized carbons (Fsp3) is 0.100. The Bertz CT molecular complexity index is 616. The van der Waals surface area contributed by atoms with Crippen LogP contribution in [0, 0.1) is 10.1 Å². The van der Waals surface area contributed by atoms with Crippen LogP contribution in [0.4, 0.5) is 5.69 Å². The second-order valence-corrected chi connectivity index (χ2v) is 3.99. The molecule has 0 bridgehead atoms. The van der Waals surface area contributed by atoms with Crippen LogP contribution in [0.15, 0.2) is 18.2 Å². The van der Waals surface area contributed by atoms with E-state index in [1.807, 2.05) is 0 Å². The molecular weight excluding hydrogens is 267 g/mol. The molecule has 0 atom stereocenters. The zero-order valence-corrected chi connectivity index (χ0v) is 10.1. The number of ether oxygens (including phenoxy) is 1. The van der Waals surface area contributed by atoms with Gasteiger partial charge in [0.15, 0.2) is 0 Å². The quantitative estimate of drug-likeness (QED) is 0.477. The van der Waals surface area contributed by atoms with Gasteiger partial charge in [-0.05, 0) is 12.1 Å². The van der Waals surface area contributed by atoms with Crippen molar-refractivity contribution in [1.29, 1.82) is 0 Å². The highest BCUT2D eigenvalue weighted by Crippen LogP contribution is 2.37. The molecule has 2 aromatic rings. The first kappa shape index (κ1) is 11.9. The van der Waals surface area contributed by atoms with Gasteiger partial charge in [-0.25, -0.2) is 4.98 Å². The van der Waals surface area contributed by atoms with E-state index in [4.69, 9.17) is 27.9 Å². The van der Waals surface area contributed by atoms with Crippen LogP contribution in [0.5, 0.6) is 5.75 Å². The van der Waals surface area contributed by atoms with E-state index in [1.165, 1.54) is 25.3 Å². The summed E-state index contributed by atoms with van der Waals surface area (Å²) in [6.07, 6.45) is 0. The number of hydrogen-bond acceptors (Lipinski definition) is 4. The summed E-state index contributed by atoms with van der Waals surface area (Å²) < 4.78 is 5.07. The number of nitrogens with zero attached hydrogens (tertiary/aromatic N) is 2. The van der Waals surface area contributed by atoms with Gasteiger partial charge in [0.1, 0.15) is 21.8 Å². The van der Waals surface area contributed by atoms with Gasteiger partial charge in [0, 0.05) is 6.07 Å². The van der Waals surface area contributed by atoms with Crippen LogP contribution in [0.3, 0.4) is 0 Å². The number of methoxy groups -OCH3 is 1. The van der Waals surface area contributed by atoms with Gasteiger partial charge in [-0.15, -0.1) is 0 Å². The van der Waals surface area contributed by atoms with Crippen LogP contribution in [-0.4, -0.2) is 17.0 Å². The van der Waals surface area contributed by atoms with Crippen LogP contribution >= 0.6 is 23.2 Å². The van der Waals surface area contributed by atoms with E-state index < -0.39 is 4.92 Å². The fourth-order valence-corrected chi connectivity index (χ4v) is 2.08. The third-order valence-corrected chi connectivity index (χ3v) is 2.73. The summed E-state index contributed by atoms with van der Waals surface area (Å²) in [7, 11) is 1.44. The standard InChI is InChI=1S/C10H6Cl2N2O3/c1-17-7-3-2-6(14(15)16)9-5(11)4-8(12)13-10(7)9/h2-4H,1H3. The number of rotatable bonds is 2. The maximum atomic E-state index is 10.9. The zero-order valence-electron chi connectivity index (χ0n) is 8.61. The lowest BCUT2D eigenvalue weighted by Gasteiger charge is -2.06. The third kappa shape index (κ3) is 1.99. The number of benzene rings is 1. The second-order valence-electron chi connectivity index (χ2n) is 3.19. The molecule has 0 aliphatic heterocycles. The van der Waals surface area contributed by atoms with E-state index in [0.29, 0.717) is 5.75 Å². The van der Waals surface area contributed by atoms with E-state index in [-0.39, 0.29) is 26.8 Å². The van der Waals surface area contributed by atoms with Crippen molar-refractivity contribution in [3.8, 4) is 5.75 Å². The minimum absolute atomic E-state index is 0.130. The highest BCUT2D eigenvalue weighted by molar-refractivity contribution is 6.38. The second kappa shape index (κ2) is 4.35. The van der Waals surface area contributed by atoms with Gasteiger partial charge in [0.25, 0.3) is 5.69 Å². The molecule has 7 heteroatoms.